The summed E-state index contributed by atoms with van der Waals surface area (Å²) in [5, 5.41) is 4.40. The molecular formula is C27H28N2O. The van der Waals surface area contributed by atoms with Crippen LogP contribution in [0.2, 0.25) is 0 Å². The smallest absolute Gasteiger partial charge is 0.244 e. The lowest BCUT2D eigenvalue weighted by atomic mass is 9.85. The predicted octanol–water partition coefficient (Wildman–Crippen LogP) is 5.66. The summed E-state index contributed by atoms with van der Waals surface area (Å²) in [6, 6.07) is 29.0. The van der Waals surface area contributed by atoms with E-state index in [-0.39, 0.29) is 17.2 Å². The normalized spacial score (nSPS) is 17.6. The Morgan fingerprint density at radius 2 is 1.43 bits per heavy atom. The summed E-state index contributed by atoms with van der Waals surface area (Å²) >= 11 is 0. The molecule has 0 bridgehead atoms. The van der Waals surface area contributed by atoms with Crippen LogP contribution >= 0.6 is 0 Å². The molecule has 1 fully saturated rings. The quantitative estimate of drug-likeness (QED) is 0.424. The lowest BCUT2D eigenvalue weighted by Gasteiger charge is -2.18. The fourth-order valence-corrected chi connectivity index (χ4v) is 4.25. The monoisotopic (exact) mass is 396 g/mol. The van der Waals surface area contributed by atoms with Gasteiger partial charge >= 0.3 is 0 Å². The van der Waals surface area contributed by atoms with Crippen LogP contribution in [0.25, 0.3) is 0 Å². The van der Waals surface area contributed by atoms with Gasteiger partial charge in [0, 0.05) is 5.41 Å². The second kappa shape index (κ2) is 8.27. The predicted molar refractivity (Wildman–Crippen MR) is 123 cm³/mol. The molecule has 3 nitrogen and oxygen atoms in total. The SMILES string of the molecule is CC(=NNC(=O)[C@H]1CC1(c1ccccc1)c1ccccc1)c1ccc(C(C)C)cc1. The van der Waals surface area contributed by atoms with Crippen molar-refractivity contribution in [3.63, 3.8) is 0 Å². The number of hydrogen-bond acceptors (Lipinski definition) is 2. The molecule has 1 amide bonds. The number of amides is 1. The fourth-order valence-electron chi connectivity index (χ4n) is 4.25. The zero-order chi connectivity index (χ0) is 21.1. The minimum Gasteiger partial charge on any atom is -0.273 e. The number of hydrogen-bond donors (Lipinski definition) is 1. The molecule has 1 atom stereocenters. The molecule has 0 radical (unpaired) electrons. The second-order valence-electron chi connectivity index (χ2n) is 8.41. The topological polar surface area (TPSA) is 41.5 Å². The highest BCUT2D eigenvalue weighted by Gasteiger charge is 2.60. The van der Waals surface area contributed by atoms with E-state index in [0.29, 0.717) is 5.92 Å². The summed E-state index contributed by atoms with van der Waals surface area (Å²) in [6.45, 7) is 6.29. The molecule has 3 heteroatoms. The first-order chi connectivity index (χ1) is 14.5. The third-order valence-corrected chi connectivity index (χ3v) is 6.18. The molecule has 4 rings (SSSR count). The highest BCUT2D eigenvalue weighted by molar-refractivity contribution is 5.99. The van der Waals surface area contributed by atoms with Crippen molar-refractivity contribution >= 4 is 11.6 Å². The Bertz CT molecular complexity index is 998. The Labute approximate surface area is 178 Å². The molecule has 0 aromatic heterocycles. The molecule has 1 aliphatic carbocycles. The minimum atomic E-state index is -0.269. The maximum absolute atomic E-state index is 13.0. The Kier molecular flexibility index (Phi) is 5.54. The van der Waals surface area contributed by atoms with Gasteiger partial charge in [0.25, 0.3) is 0 Å². The summed E-state index contributed by atoms with van der Waals surface area (Å²) in [5.74, 6) is 0.345. The lowest BCUT2D eigenvalue weighted by molar-refractivity contribution is -0.122. The zero-order valence-corrected chi connectivity index (χ0v) is 17.8. The van der Waals surface area contributed by atoms with Gasteiger partial charge in [-0.25, -0.2) is 5.43 Å². The van der Waals surface area contributed by atoms with Gasteiger partial charge < -0.3 is 0 Å². The number of hydrazone groups is 1. The standard InChI is InChI=1S/C27H28N2O/c1-19(2)21-14-16-22(17-15-21)20(3)28-29-26(30)25-18-27(25,23-10-6-4-7-11-23)24-12-8-5-9-13-24/h4-17,19,25H,18H2,1-3H3,(H,29,30)/t25-/m1/s1. The van der Waals surface area contributed by atoms with E-state index in [9.17, 15) is 4.79 Å². The summed E-state index contributed by atoms with van der Waals surface area (Å²) in [4.78, 5) is 13.0. The number of benzene rings is 3. The molecule has 3 aromatic rings. The van der Waals surface area contributed by atoms with Crippen LogP contribution in [0.15, 0.2) is 90.0 Å². The molecule has 0 aliphatic heterocycles. The van der Waals surface area contributed by atoms with E-state index < -0.39 is 0 Å². The van der Waals surface area contributed by atoms with E-state index in [2.05, 4.69) is 72.9 Å². The second-order valence-corrected chi connectivity index (χ2v) is 8.41. The van der Waals surface area contributed by atoms with Gasteiger partial charge in [0.1, 0.15) is 0 Å². The summed E-state index contributed by atoms with van der Waals surface area (Å²) in [5.41, 5.74) is 8.04. The Morgan fingerprint density at radius 1 is 0.900 bits per heavy atom. The molecule has 3 aromatic carbocycles. The molecule has 0 saturated heterocycles. The van der Waals surface area contributed by atoms with E-state index in [4.69, 9.17) is 0 Å². The molecule has 0 unspecified atom stereocenters. The van der Waals surface area contributed by atoms with Crippen LogP contribution in [0.3, 0.4) is 0 Å². The van der Waals surface area contributed by atoms with E-state index >= 15 is 0 Å². The number of carbonyl (C=O) groups excluding carboxylic acids is 1. The summed E-state index contributed by atoms with van der Waals surface area (Å²) in [7, 11) is 0. The molecular weight excluding hydrogens is 368 g/mol. The van der Waals surface area contributed by atoms with Crippen molar-refractivity contribution in [3.05, 3.63) is 107 Å². The number of nitrogens with zero attached hydrogens (tertiary/aromatic N) is 1. The van der Waals surface area contributed by atoms with Crippen LogP contribution in [0, 0.1) is 5.92 Å². The van der Waals surface area contributed by atoms with Gasteiger partial charge in [0.05, 0.1) is 11.6 Å². The Morgan fingerprint density at radius 3 is 1.93 bits per heavy atom. The van der Waals surface area contributed by atoms with Crippen molar-refractivity contribution in [1.82, 2.24) is 5.43 Å². The van der Waals surface area contributed by atoms with Gasteiger partial charge in [-0.3, -0.25) is 4.79 Å². The van der Waals surface area contributed by atoms with Gasteiger partial charge in [0.2, 0.25) is 5.91 Å². The van der Waals surface area contributed by atoms with Gasteiger partial charge in [-0.15, -0.1) is 0 Å². The van der Waals surface area contributed by atoms with Crippen molar-refractivity contribution in [2.75, 3.05) is 0 Å². The first-order valence-electron chi connectivity index (χ1n) is 10.6. The summed E-state index contributed by atoms with van der Waals surface area (Å²) in [6.07, 6.45) is 0.796. The number of rotatable bonds is 6. The van der Waals surface area contributed by atoms with Gasteiger partial charge in [-0.05, 0) is 41.5 Å². The molecule has 30 heavy (non-hydrogen) atoms. The van der Waals surface area contributed by atoms with Crippen molar-refractivity contribution in [2.45, 2.75) is 38.5 Å². The van der Waals surface area contributed by atoms with Gasteiger partial charge in [-0.2, -0.15) is 5.10 Å². The fraction of sp³-hybridized carbons (Fsp3) is 0.259. The van der Waals surface area contributed by atoms with E-state index in [1.807, 2.05) is 43.3 Å². The average Bonchev–Trinajstić information content (AvgIpc) is 3.56. The van der Waals surface area contributed by atoms with Crippen LogP contribution in [0.5, 0.6) is 0 Å². The average molecular weight is 397 g/mol. The van der Waals surface area contributed by atoms with Gasteiger partial charge in [0.15, 0.2) is 0 Å². The molecule has 1 N–H and O–H groups in total. The largest absolute Gasteiger partial charge is 0.273 e. The third-order valence-electron chi connectivity index (χ3n) is 6.18. The van der Waals surface area contributed by atoms with Crippen molar-refractivity contribution in [1.29, 1.82) is 0 Å². The molecule has 1 saturated carbocycles. The third kappa shape index (κ3) is 3.80. The minimum absolute atomic E-state index is 0.0270. The molecule has 1 aliphatic rings. The first-order valence-corrected chi connectivity index (χ1v) is 10.6. The highest BCUT2D eigenvalue weighted by Crippen LogP contribution is 2.58. The van der Waals surface area contributed by atoms with Crippen molar-refractivity contribution in [2.24, 2.45) is 11.0 Å². The van der Waals surface area contributed by atoms with Crippen LogP contribution in [-0.4, -0.2) is 11.6 Å². The van der Waals surface area contributed by atoms with Crippen molar-refractivity contribution < 1.29 is 4.79 Å². The van der Waals surface area contributed by atoms with Crippen molar-refractivity contribution in [3.8, 4) is 0 Å². The maximum Gasteiger partial charge on any atom is 0.244 e. The van der Waals surface area contributed by atoms with E-state index in [0.717, 1.165) is 17.7 Å². The number of carbonyl (C=O) groups is 1. The van der Waals surface area contributed by atoms with Gasteiger partial charge in [-0.1, -0.05) is 98.8 Å². The molecule has 152 valence electrons. The highest BCUT2D eigenvalue weighted by atomic mass is 16.2. The maximum atomic E-state index is 13.0. The first kappa shape index (κ1) is 20.1. The van der Waals surface area contributed by atoms with Crippen LogP contribution in [0.1, 0.15) is 55.4 Å². The molecule has 0 heterocycles. The van der Waals surface area contributed by atoms with Crippen LogP contribution in [-0.2, 0) is 10.2 Å². The van der Waals surface area contributed by atoms with E-state index in [1.54, 1.807) is 0 Å². The van der Waals surface area contributed by atoms with E-state index in [1.165, 1.54) is 16.7 Å². The zero-order valence-electron chi connectivity index (χ0n) is 17.8. The Hall–Kier alpha value is -3.20. The van der Waals surface area contributed by atoms with Crippen LogP contribution in [0.4, 0.5) is 0 Å². The summed E-state index contributed by atoms with van der Waals surface area (Å²) < 4.78 is 0. The lowest BCUT2D eigenvalue weighted by Crippen LogP contribution is -2.26. The van der Waals surface area contributed by atoms with Crippen LogP contribution < -0.4 is 5.43 Å². The number of nitrogens with one attached hydrogen (secondary N) is 1. The Balaban J connectivity index is 1.53. The molecule has 0 spiro atoms.